The van der Waals surface area contributed by atoms with Gasteiger partial charge in [-0.3, -0.25) is 4.79 Å². The van der Waals surface area contributed by atoms with E-state index >= 15 is 0 Å². The quantitative estimate of drug-likeness (QED) is 0.748. The molecule has 2 N–H and O–H groups in total. The van der Waals surface area contributed by atoms with Crippen LogP contribution >= 0.6 is 0 Å². The van der Waals surface area contributed by atoms with E-state index in [1.54, 1.807) is 0 Å². The van der Waals surface area contributed by atoms with Gasteiger partial charge in [0, 0.05) is 6.42 Å². The third-order valence-electron chi connectivity index (χ3n) is 7.27. The maximum Gasteiger partial charge on any atom is 0.303 e. The highest BCUT2D eigenvalue weighted by Crippen LogP contribution is 2.67. The topological polar surface area (TPSA) is 57.5 Å². The zero-order valence-electron chi connectivity index (χ0n) is 14.5. The number of carboxylic acid groups (broad SMARTS) is 1. The standard InChI is InChI=1S/C20H30O3/c1-13(2)16-6-9-20-10-14(15(11-20)12-21)4-5-17(20)19(16,3)8-7-18(22)23/h11,14,16-17,21H,1,4-10,12H2,2-3H3,(H,22,23). The molecular weight excluding hydrogens is 288 g/mol. The Morgan fingerprint density at radius 2 is 2.13 bits per heavy atom. The molecule has 3 aliphatic rings. The monoisotopic (exact) mass is 318 g/mol. The fourth-order valence-corrected chi connectivity index (χ4v) is 6.35. The predicted octanol–water partition coefficient (Wildman–Crippen LogP) is 4.18. The minimum Gasteiger partial charge on any atom is -0.481 e. The van der Waals surface area contributed by atoms with Gasteiger partial charge in [0.2, 0.25) is 0 Å². The van der Waals surface area contributed by atoms with Crippen LogP contribution in [0.5, 0.6) is 0 Å². The van der Waals surface area contributed by atoms with Crippen LogP contribution in [0.25, 0.3) is 0 Å². The van der Waals surface area contributed by atoms with Gasteiger partial charge in [-0.15, -0.1) is 0 Å². The first-order valence-electron chi connectivity index (χ1n) is 9.02. The summed E-state index contributed by atoms with van der Waals surface area (Å²) < 4.78 is 0. The first-order valence-corrected chi connectivity index (χ1v) is 9.02. The summed E-state index contributed by atoms with van der Waals surface area (Å²) in [5.74, 6) is 0.796. The molecule has 2 bridgehead atoms. The summed E-state index contributed by atoms with van der Waals surface area (Å²) in [4.78, 5) is 11.2. The normalized spacial score (nSPS) is 42.0. The largest absolute Gasteiger partial charge is 0.481 e. The summed E-state index contributed by atoms with van der Waals surface area (Å²) >= 11 is 0. The highest BCUT2D eigenvalue weighted by atomic mass is 16.4. The van der Waals surface area contributed by atoms with Crippen LogP contribution in [0.3, 0.4) is 0 Å². The van der Waals surface area contributed by atoms with Crippen molar-refractivity contribution in [3.05, 3.63) is 23.8 Å². The second-order valence-electron chi connectivity index (χ2n) is 8.48. The lowest BCUT2D eigenvalue weighted by molar-refractivity contribution is -0.139. The van der Waals surface area contributed by atoms with Crippen molar-refractivity contribution >= 4 is 5.97 Å². The average molecular weight is 318 g/mol. The van der Waals surface area contributed by atoms with E-state index in [4.69, 9.17) is 0 Å². The lowest BCUT2D eigenvalue weighted by Gasteiger charge is -2.58. The summed E-state index contributed by atoms with van der Waals surface area (Å²) in [5.41, 5.74) is 2.65. The second kappa shape index (κ2) is 5.77. The molecule has 3 nitrogen and oxygen atoms in total. The van der Waals surface area contributed by atoms with Gasteiger partial charge in [-0.1, -0.05) is 25.2 Å². The molecule has 3 rings (SSSR count). The number of aliphatic hydroxyl groups is 1. The molecule has 2 saturated carbocycles. The van der Waals surface area contributed by atoms with Gasteiger partial charge < -0.3 is 10.2 Å². The highest BCUT2D eigenvalue weighted by Gasteiger charge is 2.58. The van der Waals surface area contributed by atoms with Gasteiger partial charge in [0.25, 0.3) is 0 Å². The Labute approximate surface area is 139 Å². The molecular formula is C20H30O3. The van der Waals surface area contributed by atoms with Crippen LogP contribution in [0.4, 0.5) is 0 Å². The van der Waals surface area contributed by atoms with E-state index in [1.165, 1.54) is 17.6 Å². The van der Waals surface area contributed by atoms with E-state index < -0.39 is 5.97 Å². The van der Waals surface area contributed by atoms with Crippen molar-refractivity contribution in [1.82, 2.24) is 0 Å². The summed E-state index contributed by atoms with van der Waals surface area (Å²) in [7, 11) is 0. The Morgan fingerprint density at radius 3 is 2.74 bits per heavy atom. The molecule has 1 spiro atoms. The molecule has 2 fully saturated rings. The number of hydrogen-bond acceptors (Lipinski definition) is 2. The highest BCUT2D eigenvalue weighted by molar-refractivity contribution is 5.66. The molecule has 0 aromatic carbocycles. The molecule has 0 radical (unpaired) electrons. The number of carbonyl (C=O) groups is 1. The van der Waals surface area contributed by atoms with Gasteiger partial charge in [0.15, 0.2) is 0 Å². The van der Waals surface area contributed by atoms with Crippen LogP contribution in [0.15, 0.2) is 23.8 Å². The molecule has 5 atom stereocenters. The van der Waals surface area contributed by atoms with Gasteiger partial charge in [-0.05, 0) is 79.6 Å². The molecule has 0 saturated heterocycles. The SMILES string of the molecule is C=C(C)C1CCC23C=C(CO)C(CCC2C1(C)CCC(=O)O)C3. The summed E-state index contributed by atoms with van der Waals surface area (Å²) in [5, 5.41) is 18.9. The molecule has 3 aliphatic carbocycles. The summed E-state index contributed by atoms with van der Waals surface area (Å²) in [6.07, 6.45) is 9.10. The molecule has 0 aromatic heterocycles. The maximum absolute atomic E-state index is 11.2. The maximum atomic E-state index is 11.2. The van der Waals surface area contributed by atoms with Crippen molar-refractivity contribution in [2.45, 2.75) is 58.8 Å². The van der Waals surface area contributed by atoms with Gasteiger partial charge in [0.05, 0.1) is 6.61 Å². The number of carboxylic acids is 1. The zero-order chi connectivity index (χ0) is 16.8. The van der Waals surface area contributed by atoms with Crippen molar-refractivity contribution in [2.75, 3.05) is 6.61 Å². The Bertz CT molecular complexity index is 549. The van der Waals surface area contributed by atoms with Crippen LogP contribution in [0, 0.1) is 28.6 Å². The van der Waals surface area contributed by atoms with E-state index in [2.05, 4.69) is 26.5 Å². The molecule has 0 aromatic rings. The minimum absolute atomic E-state index is 0.00878. The van der Waals surface area contributed by atoms with E-state index in [9.17, 15) is 15.0 Å². The van der Waals surface area contributed by atoms with Crippen molar-refractivity contribution in [1.29, 1.82) is 0 Å². The second-order valence-corrected chi connectivity index (χ2v) is 8.48. The zero-order valence-corrected chi connectivity index (χ0v) is 14.5. The first-order chi connectivity index (χ1) is 10.8. The van der Waals surface area contributed by atoms with E-state index in [0.29, 0.717) is 17.8 Å². The van der Waals surface area contributed by atoms with Gasteiger partial charge >= 0.3 is 5.97 Å². The smallest absolute Gasteiger partial charge is 0.303 e. The summed E-state index contributed by atoms with van der Waals surface area (Å²) in [6.45, 7) is 8.84. The number of rotatable bonds is 5. The fraction of sp³-hybridized carbons (Fsp3) is 0.750. The van der Waals surface area contributed by atoms with Crippen molar-refractivity contribution < 1.29 is 15.0 Å². The number of hydrogen-bond donors (Lipinski definition) is 2. The first kappa shape index (κ1) is 16.8. The van der Waals surface area contributed by atoms with E-state index in [-0.39, 0.29) is 23.9 Å². The van der Waals surface area contributed by atoms with Gasteiger partial charge in [0.1, 0.15) is 0 Å². The third-order valence-corrected chi connectivity index (χ3v) is 7.27. The lowest BCUT2D eigenvalue weighted by Crippen LogP contribution is -2.50. The molecule has 0 amide bonds. The molecule has 5 unspecified atom stereocenters. The lowest BCUT2D eigenvalue weighted by atomic mass is 9.46. The Morgan fingerprint density at radius 1 is 1.39 bits per heavy atom. The van der Waals surface area contributed by atoms with Gasteiger partial charge in [-0.2, -0.15) is 0 Å². The Balaban J connectivity index is 1.97. The van der Waals surface area contributed by atoms with E-state index in [1.807, 2.05) is 0 Å². The number of aliphatic hydroxyl groups excluding tert-OH is 1. The molecule has 23 heavy (non-hydrogen) atoms. The van der Waals surface area contributed by atoms with Crippen LogP contribution < -0.4 is 0 Å². The van der Waals surface area contributed by atoms with Crippen molar-refractivity contribution in [3.8, 4) is 0 Å². The number of allylic oxidation sites excluding steroid dienone is 2. The molecule has 128 valence electrons. The van der Waals surface area contributed by atoms with Crippen molar-refractivity contribution in [3.63, 3.8) is 0 Å². The van der Waals surface area contributed by atoms with E-state index in [0.717, 1.165) is 32.1 Å². The van der Waals surface area contributed by atoms with Gasteiger partial charge in [-0.25, -0.2) is 0 Å². The molecule has 0 heterocycles. The predicted molar refractivity (Wildman–Crippen MR) is 90.9 cm³/mol. The van der Waals surface area contributed by atoms with Crippen LogP contribution in [0.2, 0.25) is 0 Å². The average Bonchev–Trinajstić information content (AvgIpc) is 2.76. The number of fused-ring (bicyclic) bond motifs is 1. The molecule has 0 aliphatic heterocycles. The fourth-order valence-electron chi connectivity index (χ4n) is 6.35. The molecule has 3 heteroatoms. The van der Waals surface area contributed by atoms with Crippen LogP contribution in [0.1, 0.15) is 58.8 Å². The third kappa shape index (κ3) is 2.57. The van der Waals surface area contributed by atoms with Crippen LogP contribution in [-0.2, 0) is 4.79 Å². The number of aliphatic carboxylic acids is 1. The van der Waals surface area contributed by atoms with Crippen molar-refractivity contribution in [2.24, 2.45) is 28.6 Å². The summed E-state index contributed by atoms with van der Waals surface area (Å²) in [6, 6.07) is 0. The Kier molecular flexibility index (Phi) is 4.20. The minimum atomic E-state index is -0.696. The Hall–Kier alpha value is -1.09. The van der Waals surface area contributed by atoms with Crippen LogP contribution in [-0.4, -0.2) is 22.8 Å².